The zero-order chi connectivity index (χ0) is 14.4. The van der Waals surface area contributed by atoms with Crippen molar-refractivity contribution in [1.29, 1.82) is 0 Å². The average molecular weight is 314 g/mol. The molecule has 7 heteroatoms. The molecule has 0 saturated carbocycles. The van der Waals surface area contributed by atoms with E-state index < -0.39 is 6.10 Å². The van der Waals surface area contributed by atoms with Crippen LogP contribution in [0.15, 0.2) is 36.7 Å². The number of hydrogen-bond donors (Lipinski definition) is 2. The van der Waals surface area contributed by atoms with Crippen LogP contribution in [0, 0.1) is 0 Å². The second-order valence-electron chi connectivity index (χ2n) is 3.97. The van der Waals surface area contributed by atoms with Crippen molar-refractivity contribution in [3.05, 3.63) is 46.7 Å². The molecule has 1 heterocycles. The molecular formula is C13H13Cl2N3O2. The molecule has 0 radical (unpaired) electrons. The summed E-state index contributed by atoms with van der Waals surface area (Å²) in [6, 6.07) is 6.80. The van der Waals surface area contributed by atoms with E-state index in [1.807, 2.05) is 0 Å². The third kappa shape index (κ3) is 4.23. The maximum absolute atomic E-state index is 9.81. The van der Waals surface area contributed by atoms with Gasteiger partial charge in [0, 0.05) is 18.9 Å². The number of benzene rings is 1. The first kappa shape index (κ1) is 14.8. The molecule has 0 aliphatic rings. The fraction of sp³-hybridized carbons (Fsp3) is 0.231. The standard InChI is InChI=1S/C13H13Cl2N3O2/c14-10-3-1-4-11(12(10)15)20-8-9(19)7-18-13-16-5-2-6-17-13/h1-6,9,19H,7-8H2,(H,16,17,18)/t9-/m0/s1. The predicted molar refractivity (Wildman–Crippen MR) is 78.5 cm³/mol. The molecule has 1 aromatic heterocycles. The van der Waals surface area contributed by atoms with Gasteiger partial charge in [0.25, 0.3) is 0 Å². The van der Waals surface area contributed by atoms with Gasteiger partial charge in [0.05, 0.1) is 5.02 Å². The lowest BCUT2D eigenvalue weighted by Crippen LogP contribution is -2.27. The summed E-state index contributed by atoms with van der Waals surface area (Å²) in [6.45, 7) is 0.349. The van der Waals surface area contributed by atoms with Crippen molar-refractivity contribution in [3.8, 4) is 5.75 Å². The number of halogens is 2. The van der Waals surface area contributed by atoms with E-state index in [2.05, 4.69) is 15.3 Å². The van der Waals surface area contributed by atoms with Gasteiger partial charge >= 0.3 is 0 Å². The number of anilines is 1. The molecule has 2 N–H and O–H groups in total. The Morgan fingerprint density at radius 3 is 2.70 bits per heavy atom. The molecule has 0 aliphatic carbocycles. The quantitative estimate of drug-likeness (QED) is 0.858. The number of hydrogen-bond acceptors (Lipinski definition) is 5. The van der Waals surface area contributed by atoms with E-state index >= 15 is 0 Å². The fourth-order valence-electron chi connectivity index (χ4n) is 1.44. The Hall–Kier alpha value is -1.56. The van der Waals surface area contributed by atoms with Crippen LogP contribution in [0.1, 0.15) is 0 Å². The highest BCUT2D eigenvalue weighted by Gasteiger charge is 2.09. The van der Waals surface area contributed by atoms with Crippen molar-refractivity contribution in [2.24, 2.45) is 0 Å². The molecule has 2 aromatic rings. The van der Waals surface area contributed by atoms with Crippen LogP contribution in [0.5, 0.6) is 5.75 Å². The van der Waals surface area contributed by atoms with Crippen LogP contribution < -0.4 is 10.1 Å². The minimum absolute atomic E-state index is 0.0832. The summed E-state index contributed by atoms with van der Waals surface area (Å²) >= 11 is 11.8. The molecule has 0 bridgehead atoms. The molecule has 1 atom stereocenters. The van der Waals surface area contributed by atoms with Crippen LogP contribution in [0.4, 0.5) is 5.95 Å². The van der Waals surface area contributed by atoms with Crippen LogP contribution in [0.3, 0.4) is 0 Å². The van der Waals surface area contributed by atoms with Gasteiger partial charge in [0.2, 0.25) is 5.95 Å². The Labute approximate surface area is 126 Å². The largest absolute Gasteiger partial charge is 0.489 e. The summed E-state index contributed by atoms with van der Waals surface area (Å²) in [5.74, 6) is 0.890. The second-order valence-corrected chi connectivity index (χ2v) is 4.76. The number of rotatable bonds is 6. The minimum Gasteiger partial charge on any atom is -0.489 e. The monoisotopic (exact) mass is 313 g/mol. The molecule has 0 amide bonds. The molecule has 0 spiro atoms. The minimum atomic E-state index is -0.728. The predicted octanol–water partition coefficient (Wildman–Crippen LogP) is 2.64. The zero-order valence-corrected chi connectivity index (χ0v) is 12.0. The van der Waals surface area contributed by atoms with Gasteiger partial charge in [-0.05, 0) is 18.2 Å². The molecule has 0 saturated heterocycles. The van der Waals surface area contributed by atoms with E-state index in [4.69, 9.17) is 27.9 Å². The highest BCUT2D eigenvalue weighted by atomic mass is 35.5. The number of aromatic nitrogens is 2. The smallest absolute Gasteiger partial charge is 0.222 e. The first-order valence-corrected chi connectivity index (χ1v) is 6.68. The summed E-state index contributed by atoms with van der Waals surface area (Å²) in [7, 11) is 0. The number of aliphatic hydroxyl groups is 1. The SMILES string of the molecule is O[C@@H](CNc1ncccn1)COc1cccc(Cl)c1Cl. The first-order valence-electron chi connectivity index (χ1n) is 5.92. The van der Waals surface area contributed by atoms with Gasteiger partial charge in [-0.3, -0.25) is 0 Å². The molecule has 0 fully saturated rings. The molecule has 0 aliphatic heterocycles. The van der Waals surface area contributed by atoms with Gasteiger partial charge in [0.1, 0.15) is 23.5 Å². The lowest BCUT2D eigenvalue weighted by Gasteiger charge is -2.14. The van der Waals surface area contributed by atoms with Gasteiger partial charge in [-0.25, -0.2) is 9.97 Å². The molecule has 0 unspecified atom stereocenters. The first-order chi connectivity index (χ1) is 9.66. The lowest BCUT2D eigenvalue weighted by atomic mass is 10.3. The Balaban J connectivity index is 1.80. The van der Waals surface area contributed by atoms with E-state index in [-0.39, 0.29) is 13.2 Å². The maximum atomic E-state index is 9.81. The molecule has 5 nitrogen and oxygen atoms in total. The van der Waals surface area contributed by atoms with Gasteiger partial charge in [-0.15, -0.1) is 0 Å². The van der Waals surface area contributed by atoms with E-state index in [0.29, 0.717) is 21.7 Å². The van der Waals surface area contributed by atoms with Crippen molar-refractivity contribution in [2.75, 3.05) is 18.5 Å². The summed E-state index contributed by atoms with van der Waals surface area (Å²) in [5.41, 5.74) is 0. The van der Waals surface area contributed by atoms with Crippen LogP contribution in [-0.4, -0.2) is 34.3 Å². The van der Waals surface area contributed by atoms with Crippen molar-refractivity contribution in [1.82, 2.24) is 9.97 Å². The average Bonchev–Trinajstić information content (AvgIpc) is 2.48. The summed E-state index contributed by atoms with van der Waals surface area (Å²) < 4.78 is 5.42. The highest BCUT2D eigenvalue weighted by molar-refractivity contribution is 6.42. The number of nitrogens with one attached hydrogen (secondary N) is 1. The van der Waals surface area contributed by atoms with E-state index in [0.717, 1.165) is 0 Å². The van der Waals surface area contributed by atoms with Gasteiger partial charge in [0.15, 0.2) is 0 Å². The Morgan fingerprint density at radius 2 is 1.95 bits per heavy atom. The summed E-state index contributed by atoms with van der Waals surface area (Å²) in [4.78, 5) is 7.96. The van der Waals surface area contributed by atoms with E-state index in [1.165, 1.54) is 0 Å². The van der Waals surface area contributed by atoms with Gasteiger partial charge in [-0.1, -0.05) is 29.3 Å². The second kappa shape index (κ2) is 7.28. The molecule has 1 aromatic carbocycles. The van der Waals surface area contributed by atoms with Crippen molar-refractivity contribution in [3.63, 3.8) is 0 Å². The molecule has 20 heavy (non-hydrogen) atoms. The Bertz CT molecular complexity index is 555. The Morgan fingerprint density at radius 1 is 1.20 bits per heavy atom. The van der Waals surface area contributed by atoms with E-state index in [1.54, 1.807) is 36.7 Å². The van der Waals surface area contributed by atoms with E-state index in [9.17, 15) is 5.11 Å². The van der Waals surface area contributed by atoms with Crippen LogP contribution in [0.2, 0.25) is 10.0 Å². The van der Waals surface area contributed by atoms with Crippen molar-refractivity contribution < 1.29 is 9.84 Å². The number of aliphatic hydroxyl groups excluding tert-OH is 1. The van der Waals surface area contributed by atoms with Gasteiger partial charge in [-0.2, -0.15) is 0 Å². The third-order valence-electron chi connectivity index (χ3n) is 2.41. The zero-order valence-electron chi connectivity index (χ0n) is 10.5. The number of nitrogens with zero attached hydrogens (tertiary/aromatic N) is 2. The normalized spacial score (nSPS) is 11.9. The summed E-state index contributed by atoms with van der Waals surface area (Å²) in [6.07, 6.45) is 2.50. The Kier molecular flexibility index (Phi) is 5.40. The van der Waals surface area contributed by atoms with Crippen molar-refractivity contribution >= 4 is 29.2 Å². The maximum Gasteiger partial charge on any atom is 0.222 e. The third-order valence-corrected chi connectivity index (χ3v) is 3.21. The lowest BCUT2D eigenvalue weighted by molar-refractivity contribution is 0.117. The molecule has 106 valence electrons. The fourth-order valence-corrected chi connectivity index (χ4v) is 1.79. The van der Waals surface area contributed by atoms with Crippen LogP contribution in [-0.2, 0) is 0 Å². The van der Waals surface area contributed by atoms with Gasteiger partial charge < -0.3 is 15.2 Å². The van der Waals surface area contributed by atoms with Crippen LogP contribution in [0.25, 0.3) is 0 Å². The van der Waals surface area contributed by atoms with Crippen LogP contribution >= 0.6 is 23.2 Å². The number of ether oxygens (including phenoxy) is 1. The van der Waals surface area contributed by atoms with Crippen molar-refractivity contribution in [2.45, 2.75) is 6.10 Å². The topological polar surface area (TPSA) is 67.3 Å². The molecular weight excluding hydrogens is 301 g/mol. The summed E-state index contributed by atoms with van der Waals surface area (Å²) in [5, 5.41) is 13.5. The highest BCUT2D eigenvalue weighted by Crippen LogP contribution is 2.31. The molecule has 2 rings (SSSR count).